The summed E-state index contributed by atoms with van der Waals surface area (Å²) < 4.78 is 4.96. The van der Waals surface area contributed by atoms with Gasteiger partial charge in [0.2, 0.25) is 0 Å². The Morgan fingerprint density at radius 3 is 2.25 bits per heavy atom. The second-order valence-corrected chi connectivity index (χ2v) is 6.46. The third-order valence-corrected chi connectivity index (χ3v) is 5.06. The predicted molar refractivity (Wildman–Crippen MR) is 78.9 cm³/mol. The van der Waals surface area contributed by atoms with E-state index < -0.39 is 53.1 Å². The van der Waals surface area contributed by atoms with E-state index >= 15 is 0 Å². The van der Waals surface area contributed by atoms with Crippen LogP contribution in [0.4, 0.5) is 0 Å². The highest BCUT2D eigenvalue weighted by Crippen LogP contribution is 2.46. The van der Waals surface area contributed by atoms with Crippen LogP contribution >= 0.6 is 0 Å². The maximum Gasteiger partial charge on any atom is 0.173 e. The molecule has 8 nitrogen and oxygen atoms in total. The largest absolute Gasteiger partial charge is 0.507 e. The molecule has 3 rings (SSSR count). The van der Waals surface area contributed by atoms with Crippen molar-refractivity contribution in [2.24, 2.45) is 11.8 Å². The molecule has 1 fully saturated rings. The van der Waals surface area contributed by atoms with Gasteiger partial charge < -0.3 is 30.3 Å². The number of hydrogen-bond acceptors (Lipinski definition) is 8. The smallest absolute Gasteiger partial charge is 0.173 e. The molecule has 0 heterocycles. The fraction of sp³-hybridized carbons (Fsp3) is 0.500. The van der Waals surface area contributed by atoms with Crippen molar-refractivity contribution in [2.75, 3.05) is 7.11 Å². The monoisotopic (exact) mass is 338 g/mol. The van der Waals surface area contributed by atoms with Gasteiger partial charge in [0.15, 0.2) is 11.6 Å². The van der Waals surface area contributed by atoms with Gasteiger partial charge in [-0.1, -0.05) is 0 Å². The molecule has 5 N–H and O–H groups in total. The van der Waals surface area contributed by atoms with Crippen LogP contribution in [0.5, 0.6) is 11.5 Å². The molecular formula is C16H18O8. The summed E-state index contributed by atoms with van der Waals surface area (Å²) in [5.74, 6) is -4.75. The molecule has 1 aromatic carbocycles. The van der Waals surface area contributed by atoms with Gasteiger partial charge in [-0.15, -0.1) is 0 Å². The summed E-state index contributed by atoms with van der Waals surface area (Å²) in [6, 6.07) is 2.41. The maximum atomic E-state index is 12.8. The quantitative estimate of drug-likeness (QED) is 0.432. The summed E-state index contributed by atoms with van der Waals surface area (Å²) in [6.07, 6.45) is -5.36. The van der Waals surface area contributed by atoms with Crippen molar-refractivity contribution in [3.63, 3.8) is 0 Å². The fourth-order valence-corrected chi connectivity index (χ4v) is 3.63. The van der Waals surface area contributed by atoms with Gasteiger partial charge in [-0.25, -0.2) is 0 Å². The first-order chi connectivity index (χ1) is 11.1. The van der Waals surface area contributed by atoms with E-state index in [0.29, 0.717) is 0 Å². The predicted octanol–water partition coefficient (Wildman–Crippen LogP) is -1.14. The standard InChI is InChI=1S/C16H18O8/c1-16(23)14(21)10-9(13(20)15(16)22)12(19)8-6(11(10)18)3-5(24-2)4-7(8)17/h3-4,9-10,13-15,17,20-23H,1-2H3/t9?,10?,13?,14-,15-,16+/m1/s1. The number of Topliss-reactive ketones (excluding diaryl/α,β-unsaturated/α-hetero) is 2. The molecule has 8 heteroatoms. The number of aliphatic hydroxyl groups excluding tert-OH is 3. The third-order valence-electron chi connectivity index (χ3n) is 5.06. The molecule has 1 aromatic rings. The molecule has 0 spiro atoms. The Morgan fingerprint density at radius 2 is 1.67 bits per heavy atom. The number of aliphatic hydroxyl groups is 4. The van der Waals surface area contributed by atoms with Gasteiger partial charge in [0, 0.05) is 11.6 Å². The molecular weight excluding hydrogens is 320 g/mol. The molecule has 3 unspecified atom stereocenters. The minimum Gasteiger partial charge on any atom is -0.507 e. The molecule has 0 radical (unpaired) electrons. The number of phenolic OH excluding ortho intramolecular Hbond substituents is 1. The summed E-state index contributed by atoms with van der Waals surface area (Å²) in [5, 5.41) is 50.9. The molecule has 2 aliphatic carbocycles. The van der Waals surface area contributed by atoms with Crippen LogP contribution in [-0.4, -0.2) is 68.1 Å². The van der Waals surface area contributed by atoms with Crippen molar-refractivity contribution in [1.82, 2.24) is 0 Å². The van der Waals surface area contributed by atoms with Crippen molar-refractivity contribution in [2.45, 2.75) is 30.8 Å². The molecule has 130 valence electrons. The van der Waals surface area contributed by atoms with Crippen molar-refractivity contribution in [1.29, 1.82) is 0 Å². The van der Waals surface area contributed by atoms with Gasteiger partial charge in [0.25, 0.3) is 0 Å². The van der Waals surface area contributed by atoms with Gasteiger partial charge in [-0.3, -0.25) is 9.59 Å². The molecule has 0 aliphatic heterocycles. The normalized spacial score (nSPS) is 38.5. The molecule has 1 saturated carbocycles. The zero-order valence-corrected chi connectivity index (χ0v) is 13.0. The van der Waals surface area contributed by atoms with E-state index in [4.69, 9.17) is 4.74 Å². The molecule has 0 aromatic heterocycles. The second kappa shape index (κ2) is 5.25. The lowest BCUT2D eigenvalue weighted by molar-refractivity contribution is -0.217. The summed E-state index contributed by atoms with van der Waals surface area (Å²) in [6.45, 7) is 1.08. The van der Waals surface area contributed by atoms with Gasteiger partial charge in [0.05, 0.1) is 36.7 Å². The molecule has 24 heavy (non-hydrogen) atoms. The van der Waals surface area contributed by atoms with Gasteiger partial charge >= 0.3 is 0 Å². The van der Waals surface area contributed by atoms with E-state index in [2.05, 4.69) is 0 Å². The number of aromatic hydroxyl groups is 1. The number of methoxy groups -OCH3 is 1. The number of fused-ring (bicyclic) bond motifs is 2. The Balaban J connectivity index is 2.22. The van der Waals surface area contributed by atoms with Gasteiger partial charge in [-0.05, 0) is 13.0 Å². The molecule has 0 bridgehead atoms. The van der Waals surface area contributed by atoms with Crippen LogP contribution in [0.2, 0.25) is 0 Å². The first kappa shape index (κ1) is 16.8. The van der Waals surface area contributed by atoms with Crippen molar-refractivity contribution >= 4 is 11.6 Å². The number of carbonyl (C=O) groups is 2. The van der Waals surface area contributed by atoms with Crippen LogP contribution in [0.1, 0.15) is 27.6 Å². The Labute approximate surface area is 136 Å². The first-order valence-electron chi connectivity index (χ1n) is 7.39. The Bertz CT molecular complexity index is 725. The second-order valence-electron chi connectivity index (χ2n) is 6.46. The lowest BCUT2D eigenvalue weighted by Gasteiger charge is -2.49. The number of rotatable bonds is 1. The lowest BCUT2D eigenvalue weighted by atomic mass is 9.59. The topological polar surface area (TPSA) is 145 Å². The van der Waals surface area contributed by atoms with Crippen LogP contribution < -0.4 is 4.74 Å². The molecule has 6 atom stereocenters. The SMILES string of the molecule is COc1cc(O)c2c(c1)C(=O)C1C(C2=O)C(O)[C@@H](O)[C@@](C)(O)[C@@H]1O. The number of ketones is 2. The van der Waals surface area contributed by atoms with Crippen molar-refractivity contribution < 1.29 is 39.9 Å². The van der Waals surface area contributed by atoms with E-state index in [1.54, 1.807) is 0 Å². The average molecular weight is 338 g/mol. The summed E-state index contributed by atoms with van der Waals surface area (Å²) in [5.41, 5.74) is -2.62. The fourth-order valence-electron chi connectivity index (χ4n) is 3.63. The van der Waals surface area contributed by atoms with E-state index in [0.717, 1.165) is 13.0 Å². The Kier molecular flexibility index (Phi) is 3.68. The Morgan fingerprint density at radius 1 is 1.04 bits per heavy atom. The van der Waals surface area contributed by atoms with Gasteiger partial charge in [-0.2, -0.15) is 0 Å². The van der Waals surface area contributed by atoms with Crippen LogP contribution in [0.3, 0.4) is 0 Å². The maximum absolute atomic E-state index is 12.8. The Hall–Kier alpha value is -2.00. The van der Waals surface area contributed by atoms with Crippen LogP contribution in [0.15, 0.2) is 12.1 Å². The van der Waals surface area contributed by atoms with Crippen LogP contribution in [0.25, 0.3) is 0 Å². The zero-order valence-electron chi connectivity index (χ0n) is 13.0. The van der Waals surface area contributed by atoms with Crippen LogP contribution in [-0.2, 0) is 0 Å². The van der Waals surface area contributed by atoms with E-state index in [1.807, 2.05) is 0 Å². The first-order valence-corrected chi connectivity index (χ1v) is 7.39. The van der Waals surface area contributed by atoms with Gasteiger partial charge in [0.1, 0.15) is 23.2 Å². The minimum absolute atomic E-state index is 0.142. The van der Waals surface area contributed by atoms with E-state index in [-0.39, 0.29) is 16.9 Å². The highest BCUT2D eigenvalue weighted by Gasteiger charge is 2.62. The number of benzene rings is 1. The average Bonchev–Trinajstić information content (AvgIpc) is 2.53. The lowest BCUT2D eigenvalue weighted by Crippen LogP contribution is -2.69. The van der Waals surface area contributed by atoms with Crippen molar-refractivity contribution in [3.05, 3.63) is 23.3 Å². The number of carbonyl (C=O) groups excluding carboxylic acids is 2. The van der Waals surface area contributed by atoms with Crippen LogP contribution in [0, 0.1) is 11.8 Å². The number of ether oxygens (including phenoxy) is 1. The molecule has 0 saturated heterocycles. The number of phenols is 1. The van der Waals surface area contributed by atoms with E-state index in [1.165, 1.54) is 13.2 Å². The van der Waals surface area contributed by atoms with Crippen molar-refractivity contribution in [3.8, 4) is 11.5 Å². The summed E-state index contributed by atoms with van der Waals surface area (Å²) >= 11 is 0. The van der Waals surface area contributed by atoms with E-state index in [9.17, 15) is 35.1 Å². The molecule has 0 amide bonds. The minimum atomic E-state index is -2.17. The summed E-state index contributed by atoms with van der Waals surface area (Å²) in [7, 11) is 1.32. The zero-order chi connectivity index (χ0) is 18.0. The molecule has 2 aliphatic rings. The highest BCUT2D eigenvalue weighted by atomic mass is 16.5. The summed E-state index contributed by atoms with van der Waals surface area (Å²) in [4.78, 5) is 25.5. The number of hydrogen-bond donors (Lipinski definition) is 5. The third kappa shape index (κ3) is 2.01. The highest BCUT2D eigenvalue weighted by molar-refractivity contribution is 6.18.